The van der Waals surface area contributed by atoms with E-state index in [0.29, 0.717) is 11.5 Å². The van der Waals surface area contributed by atoms with Gasteiger partial charge in [0.15, 0.2) is 0 Å². The first-order chi connectivity index (χ1) is 7.39. The van der Waals surface area contributed by atoms with Crippen LogP contribution in [-0.2, 0) is 0 Å². The Hall–Kier alpha value is -0.0800. The molecule has 2 aliphatic rings. The highest BCUT2D eigenvalue weighted by Gasteiger charge is 2.42. The van der Waals surface area contributed by atoms with Gasteiger partial charge in [-0.15, -0.1) is 0 Å². The molecule has 0 aliphatic heterocycles. The molecule has 0 aromatic carbocycles. The number of nitrogens with zero attached hydrogens (tertiary/aromatic N) is 1. The Labute approximate surface area is 101 Å². The predicted octanol–water partition coefficient (Wildman–Crippen LogP) is 2.62. The smallest absolute Gasteiger partial charge is 0.0295 e. The topological polar surface area (TPSA) is 29.3 Å². The first kappa shape index (κ1) is 12.4. The predicted molar refractivity (Wildman–Crippen MR) is 69.3 cm³/mol. The van der Waals surface area contributed by atoms with Gasteiger partial charge in [-0.05, 0) is 43.9 Å². The van der Waals surface area contributed by atoms with Gasteiger partial charge in [0.2, 0.25) is 0 Å². The van der Waals surface area contributed by atoms with Crippen LogP contribution >= 0.6 is 0 Å². The van der Waals surface area contributed by atoms with Gasteiger partial charge in [0, 0.05) is 24.7 Å². The molecule has 0 spiro atoms. The molecule has 94 valence electrons. The van der Waals surface area contributed by atoms with Crippen molar-refractivity contribution in [2.24, 2.45) is 17.1 Å². The van der Waals surface area contributed by atoms with Gasteiger partial charge in [0.1, 0.15) is 0 Å². The van der Waals surface area contributed by atoms with Crippen molar-refractivity contribution in [2.45, 2.75) is 71.5 Å². The minimum atomic E-state index is 0.277. The molecule has 0 aromatic heterocycles. The van der Waals surface area contributed by atoms with Crippen LogP contribution in [0.15, 0.2) is 0 Å². The Morgan fingerprint density at radius 3 is 2.06 bits per heavy atom. The van der Waals surface area contributed by atoms with Crippen molar-refractivity contribution < 1.29 is 0 Å². The summed E-state index contributed by atoms with van der Waals surface area (Å²) < 4.78 is 0. The van der Waals surface area contributed by atoms with E-state index in [9.17, 15) is 0 Å². The monoisotopic (exact) mass is 224 g/mol. The van der Waals surface area contributed by atoms with E-state index < -0.39 is 0 Å². The second-order valence-electron chi connectivity index (χ2n) is 7.04. The Morgan fingerprint density at radius 1 is 1.19 bits per heavy atom. The summed E-state index contributed by atoms with van der Waals surface area (Å²) in [7, 11) is 0. The molecule has 2 heteroatoms. The average molecular weight is 224 g/mol. The molecule has 0 bridgehead atoms. The van der Waals surface area contributed by atoms with E-state index >= 15 is 0 Å². The van der Waals surface area contributed by atoms with Gasteiger partial charge in [-0.25, -0.2) is 0 Å². The van der Waals surface area contributed by atoms with Crippen molar-refractivity contribution in [2.75, 3.05) is 6.54 Å². The molecule has 2 nitrogen and oxygen atoms in total. The molecule has 0 amide bonds. The van der Waals surface area contributed by atoms with Crippen LogP contribution in [0.4, 0.5) is 0 Å². The van der Waals surface area contributed by atoms with Crippen LogP contribution in [0.3, 0.4) is 0 Å². The number of nitrogens with two attached hydrogens (primary N) is 1. The second-order valence-corrected chi connectivity index (χ2v) is 7.04. The van der Waals surface area contributed by atoms with Crippen LogP contribution in [-0.4, -0.2) is 29.6 Å². The van der Waals surface area contributed by atoms with Crippen molar-refractivity contribution >= 4 is 0 Å². The van der Waals surface area contributed by atoms with E-state index in [2.05, 4.69) is 32.6 Å². The van der Waals surface area contributed by atoms with Crippen molar-refractivity contribution in [3.63, 3.8) is 0 Å². The highest BCUT2D eigenvalue weighted by Crippen LogP contribution is 2.40. The zero-order valence-electron chi connectivity index (χ0n) is 11.4. The number of rotatable bonds is 5. The average Bonchev–Trinajstić information content (AvgIpc) is 2.96. The molecule has 2 rings (SSSR count). The summed E-state index contributed by atoms with van der Waals surface area (Å²) in [6.45, 7) is 10.5. The fraction of sp³-hybridized carbons (Fsp3) is 1.00. The highest BCUT2D eigenvalue weighted by atomic mass is 15.2. The summed E-state index contributed by atoms with van der Waals surface area (Å²) in [6, 6.07) is 1.66. The van der Waals surface area contributed by atoms with Crippen LogP contribution in [0.25, 0.3) is 0 Å². The van der Waals surface area contributed by atoms with Crippen molar-refractivity contribution in [3.05, 3.63) is 0 Å². The molecular formula is C14H28N2. The first-order valence-electron chi connectivity index (χ1n) is 6.91. The molecule has 2 N–H and O–H groups in total. The van der Waals surface area contributed by atoms with Crippen LogP contribution in [0.2, 0.25) is 0 Å². The molecule has 2 saturated carbocycles. The normalized spacial score (nSPS) is 25.9. The minimum Gasteiger partial charge on any atom is -0.327 e. The maximum absolute atomic E-state index is 6.24. The summed E-state index contributed by atoms with van der Waals surface area (Å²) in [5.74, 6) is 0.976. The zero-order valence-corrected chi connectivity index (χ0v) is 11.4. The SMILES string of the molecule is CC(N)C(N(CC1CC1)C1CC1)C(C)(C)C. The number of hydrogen-bond donors (Lipinski definition) is 1. The van der Waals surface area contributed by atoms with Gasteiger partial charge in [0.25, 0.3) is 0 Å². The maximum Gasteiger partial charge on any atom is 0.0295 e. The third-order valence-electron chi connectivity index (χ3n) is 3.92. The van der Waals surface area contributed by atoms with Gasteiger partial charge in [-0.2, -0.15) is 0 Å². The fourth-order valence-corrected chi connectivity index (χ4v) is 3.08. The Morgan fingerprint density at radius 2 is 1.75 bits per heavy atom. The molecule has 0 saturated heterocycles. The molecule has 16 heavy (non-hydrogen) atoms. The largest absolute Gasteiger partial charge is 0.327 e. The van der Waals surface area contributed by atoms with Crippen molar-refractivity contribution in [3.8, 4) is 0 Å². The Kier molecular flexibility index (Phi) is 3.33. The molecular weight excluding hydrogens is 196 g/mol. The van der Waals surface area contributed by atoms with Crippen LogP contribution in [0.5, 0.6) is 0 Å². The van der Waals surface area contributed by atoms with Crippen LogP contribution in [0, 0.1) is 11.3 Å². The highest BCUT2D eigenvalue weighted by molar-refractivity contribution is 4.98. The van der Waals surface area contributed by atoms with Gasteiger partial charge in [-0.3, -0.25) is 4.90 Å². The molecule has 0 aromatic rings. The fourth-order valence-electron chi connectivity index (χ4n) is 3.08. The van der Waals surface area contributed by atoms with Crippen molar-refractivity contribution in [1.29, 1.82) is 0 Å². The zero-order chi connectivity index (χ0) is 11.9. The van der Waals surface area contributed by atoms with E-state index in [-0.39, 0.29) is 6.04 Å². The van der Waals surface area contributed by atoms with Gasteiger partial charge >= 0.3 is 0 Å². The van der Waals surface area contributed by atoms with Gasteiger partial charge < -0.3 is 5.73 Å². The molecule has 2 fully saturated rings. The molecule has 0 radical (unpaired) electrons. The second kappa shape index (κ2) is 4.30. The number of hydrogen-bond acceptors (Lipinski definition) is 2. The Balaban J connectivity index is 2.06. The van der Waals surface area contributed by atoms with E-state index in [1.807, 2.05) is 0 Å². The quantitative estimate of drug-likeness (QED) is 0.778. The molecule has 2 aliphatic carbocycles. The lowest BCUT2D eigenvalue weighted by Crippen LogP contribution is -2.55. The lowest BCUT2D eigenvalue weighted by atomic mass is 9.81. The third kappa shape index (κ3) is 2.98. The minimum absolute atomic E-state index is 0.277. The molecule has 2 atom stereocenters. The lowest BCUT2D eigenvalue weighted by molar-refractivity contribution is 0.0701. The maximum atomic E-state index is 6.24. The van der Waals surface area contributed by atoms with Crippen LogP contribution < -0.4 is 5.73 Å². The summed E-state index contributed by atoms with van der Waals surface area (Å²) in [4.78, 5) is 2.74. The summed E-state index contributed by atoms with van der Waals surface area (Å²) >= 11 is 0. The standard InChI is InChI=1S/C14H28N2/c1-10(15)13(14(2,3)4)16(12-7-8-12)9-11-5-6-11/h10-13H,5-9,15H2,1-4H3. The molecule has 0 heterocycles. The summed E-state index contributed by atoms with van der Waals surface area (Å²) in [5, 5.41) is 0. The van der Waals surface area contributed by atoms with E-state index in [4.69, 9.17) is 5.73 Å². The summed E-state index contributed by atoms with van der Waals surface area (Å²) in [6.07, 6.45) is 5.68. The van der Waals surface area contributed by atoms with E-state index in [1.165, 1.54) is 32.2 Å². The van der Waals surface area contributed by atoms with E-state index in [1.54, 1.807) is 0 Å². The molecule has 2 unspecified atom stereocenters. The van der Waals surface area contributed by atoms with E-state index in [0.717, 1.165) is 12.0 Å². The first-order valence-corrected chi connectivity index (χ1v) is 6.91. The third-order valence-corrected chi connectivity index (χ3v) is 3.92. The van der Waals surface area contributed by atoms with Gasteiger partial charge in [-0.1, -0.05) is 20.8 Å². The summed E-state index contributed by atoms with van der Waals surface area (Å²) in [5.41, 5.74) is 6.54. The Bertz CT molecular complexity index is 234. The van der Waals surface area contributed by atoms with Crippen LogP contribution in [0.1, 0.15) is 53.4 Å². The van der Waals surface area contributed by atoms with Crippen molar-refractivity contribution in [1.82, 2.24) is 4.90 Å². The van der Waals surface area contributed by atoms with Gasteiger partial charge in [0.05, 0.1) is 0 Å². The lowest BCUT2D eigenvalue weighted by Gasteiger charge is -2.43.